The van der Waals surface area contributed by atoms with E-state index in [2.05, 4.69) is 5.32 Å². The largest absolute Gasteiger partial charge is 0.495 e. The van der Waals surface area contributed by atoms with Crippen molar-refractivity contribution in [2.45, 2.75) is 13.3 Å². The molecule has 1 amide bonds. The predicted octanol–water partition coefficient (Wildman–Crippen LogP) is 6.58. The van der Waals surface area contributed by atoms with E-state index in [0.29, 0.717) is 22.9 Å². The number of halogens is 1. The van der Waals surface area contributed by atoms with E-state index in [-0.39, 0.29) is 11.7 Å². The summed E-state index contributed by atoms with van der Waals surface area (Å²) in [6.45, 7) is 1.88. The normalized spacial score (nSPS) is 12.8. The van der Waals surface area contributed by atoms with Gasteiger partial charge in [-0.3, -0.25) is 9.79 Å². The topological polar surface area (TPSA) is 63.0 Å². The Kier molecular flexibility index (Phi) is 6.93. The Balaban J connectivity index is 1.52. The molecule has 0 bridgehead atoms. The number of aryl methyl sites for hydroxylation is 1. The van der Waals surface area contributed by atoms with Crippen LogP contribution >= 0.6 is 23.4 Å². The standard InChI is InChI=1S/C25H22ClN3O2S/c1-16-12-22(23(31-2)13-18(16)26)28-24(30)15-32-25-14-21(17-8-4-3-5-9-17)27-19-10-6-7-11-20(19)29-25/h3-13H,14-15H2,1-2H3,(H,28,30). The first-order chi connectivity index (χ1) is 15.5. The minimum absolute atomic E-state index is 0.145. The second-order valence-electron chi connectivity index (χ2n) is 7.23. The van der Waals surface area contributed by atoms with Gasteiger partial charge in [0.15, 0.2) is 0 Å². The number of benzene rings is 3. The SMILES string of the molecule is COc1cc(Cl)c(C)cc1NC(=O)CSC1=Nc2ccccc2N=C(c2ccccc2)C1. The van der Waals surface area contributed by atoms with Crippen LogP contribution in [0.1, 0.15) is 17.5 Å². The van der Waals surface area contributed by atoms with Gasteiger partial charge < -0.3 is 10.1 Å². The van der Waals surface area contributed by atoms with Gasteiger partial charge in [0, 0.05) is 17.5 Å². The van der Waals surface area contributed by atoms with Crippen molar-refractivity contribution in [3.05, 3.63) is 82.9 Å². The van der Waals surface area contributed by atoms with E-state index in [9.17, 15) is 4.79 Å². The number of hydrogen-bond donors (Lipinski definition) is 1. The van der Waals surface area contributed by atoms with Crippen LogP contribution in [0.15, 0.2) is 76.7 Å². The number of amides is 1. The van der Waals surface area contributed by atoms with Gasteiger partial charge in [-0.1, -0.05) is 54.1 Å². The molecule has 1 N–H and O–H groups in total. The number of thioether (sulfide) groups is 1. The Labute approximate surface area is 196 Å². The van der Waals surface area contributed by atoms with E-state index in [1.165, 1.54) is 11.8 Å². The molecule has 3 aromatic rings. The number of rotatable bonds is 5. The molecule has 0 saturated heterocycles. The number of anilines is 1. The summed E-state index contributed by atoms with van der Waals surface area (Å²) < 4.78 is 5.35. The second kappa shape index (κ2) is 10.0. The second-order valence-corrected chi connectivity index (χ2v) is 8.69. The van der Waals surface area contributed by atoms with E-state index < -0.39 is 0 Å². The van der Waals surface area contributed by atoms with E-state index >= 15 is 0 Å². The smallest absolute Gasteiger partial charge is 0.234 e. The third kappa shape index (κ3) is 5.21. The van der Waals surface area contributed by atoms with Gasteiger partial charge in [-0.25, -0.2) is 4.99 Å². The summed E-state index contributed by atoms with van der Waals surface area (Å²) >= 11 is 7.57. The Bertz CT molecular complexity index is 1210. The number of hydrogen-bond acceptors (Lipinski definition) is 5. The summed E-state index contributed by atoms with van der Waals surface area (Å²) in [6.07, 6.45) is 0.556. The molecule has 0 fully saturated rings. The van der Waals surface area contributed by atoms with Crippen LogP contribution in [0.5, 0.6) is 5.75 Å². The number of nitrogens with one attached hydrogen (secondary N) is 1. The number of para-hydroxylation sites is 2. The molecule has 5 nitrogen and oxygen atoms in total. The van der Waals surface area contributed by atoms with Gasteiger partial charge in [0.2, 0.25) is 5.91 Å². The lowest BCUT2D eigenvalue weighted by Gasteiger charge is -2.12. The fourth-order valence-corrected chi connectivity index (χ4v) is 4.23. The van der Waals surface area contributed by atoms with Crippen LogP contribution in [0.2, 0.25) is 5.02 Å². The molecule has 162 valence electrons. The van der Waals surface area contributed by atoms with Gasteiger partial charge in [-0.15, -0.1) is 11.8 Å². The van der Waals surface area contributed by atoms with Crippen molar-refractivity contribution < 1.29 is 9.53 Å². The van der Waals surface area contributed by atoms with Gasteiger partial charge in [-0.2, -0.15) is 0 Å². The maximum atomic E-state index is 12.7. The Morgan fingerprint density at radius 1 is 1.06 bits per heavy atom. The van der Waals surface area contributed by atoms with E-state index in [1.54, 1.807) is 13.2 Å². The zero-order valence-electron chi connectivity index (χ0n) is 17.8. The quantitative estimate of drug-likeness (QED) is 0.464. The molecule has 0 unspecified atom stereocenters. The molecule has 0 atom stereocenters. The van der Waals surface area contributed by atoms with E-state index in [4.69, 9.17) is 26.3 Å². The lowest BCUT2D eigenvalue weighted by Crippen LogP contribution is -2.17. The molecule has 3 aromatic carbocycles. The van der Waals surface area contributed by atoms with Crippen molar-refractivity contribution >= 4 is 57.1 Å². The molecule has 7 heteroatoms. The number of fused-ring (bicyclic) bond motifs is 1. The first-order valence-electron chi connectivity index (χ1n) is 10.1. The monoisotopic (exact) mass is 463 g/mol. The minimum atomic E-state index is -0.145. The predicted molar refractivity (Wildman–Crippen MR) is 135 cm³/mol. The van der Waals surface area contributed by atoms with Crippen LogP contribution in [0, 0.1) is 6.92 Å². The highest BCUT2D eigenvalue weighted by atomic mass is 35.5. The molecule has 0 radical (unpaired) electrons. The zero-order chi connectivity index (χ0) is 22.5. The maximum absolute atomic E-state index is 12.7. The maximum Gasteiger partial charge on any atom is 0.234 e. The fourth-order valence-electron chi connectivity index (χ4n) is 3.30. The molecule has 0 aliphatic carbocycles. The Morgan fingerprint density at radius 3 is 2.47 bits per heavy atom. The van der Waals surface area contributed by atoms with Gasteiger partial charge in [0.25, 0.3) is 0 Å². The summed E-state index contributed by atoms with van der Waals surface area (Å²) in [4.78, 5) is 22.3. The van der Waals surface area contributed by atoms with Crippen LogP contribution in [0.25, 0.3) is 0 Å². The number of aliphatic imine (C=N–C) groups is 2. The van der Waals surface area contributed by atoms with Crippen LogP contribution in [-0.4, -0.2) is 29.5 Å². The third-order valence-corrected chi connectivity index (χ3v) is 6.32. The summed E-state index contributed by atoms with van der Waals surface area (Å²) in [5.74, 6) is 0.597. The first-order valence-corrected chi connectivity index (χ1v) is 11.5. The highest BCUT2D eigenvalue weighted by Crippen LogP contribution is 2.34. The number of methoxy groups -OCH3 is 1. The summed E-state index contributed by atoms with van der Waals surface area (Å²) in [5.41, 5.74) is 5.06. The van der Waals surface area contributed by atoms with Crippen molar-refractivity contribution in [1.82, 2.24) is 0 Å². The lowest BCUT2D eigenvalue weighted by molar-refractivity contribution is -0.113. The molecular formula is C25H22ClN3O2S. The first kappa shape index (κ1) is 22.1. The Morgan fingerprint density at radius 2 is 1.75 bits per heavy atom. The Hall–Kier alpha value is -3.09. The third-order valence-electron chi connectivity index (χ3n) is 4.93. The van der Waals surface area contributed by atoms with Gasteiger partial charge >= 0.3 is 0 Å². The van der Waals surface area contributed by atoms with Crippen molar-refractivity contribution in [2.75, 3.05) is 18.2 Å². The number of ether oxygens (including phenoxy) is 1. The van der Waals surface area contributed by atoms with E-state index in [1.807, 2.05) is 67.6 Å². The fraction of sp³-hybridized carbons (Fsp3) is 0.160. The van der Waals surface area contributed by atoms with Crippen molar-refractivity contribution in [1.29, 1.82) is 0 Å². The number of nitrogens with zero attached hydrogens (tertiary/aromatic N) is 2. The molecule has 1 aliphatic heterocycles. The molecular weight excluding hydrogens is 442 g/mol. The molecule has 1 aliphatic rings. The van der Waals surface area contributed by atoms with E-state index in [0.717, 1.165) is 33.3 Å². The molecule has 0 spiro atoms. The van der Waals surface area contributed by atoms with Crippen LogP contribution < -0.4 is 10.1 Å². The summed E-state index contributed by atoms with van der Waals surface area (Å²) in [6, 6.07) is 21.3. The van der Waals surface area contributed by atoms with Crippen LogP contribution in [0.3, 0.4) is 0 Å². The number of carbonyl (C=O) groups excluding carboxylic acids is 1. The number of carbonyl (C=O) groups is 1. The summed E-state index contributed by atoms with van der Waals surface area (Å²) in [7, 11) is 1.55. The summed E-state index contributed by atoms with van der Waals surface area (Å²) in [5, 5.41) is 4.35. The van der Waals surface area contributed by atoms with Gasteiger partial charge in [-0.05, 0) is 36.2 Å². The van der Waals surface area contributed by atoms with Gasteiger partial charge in [0.05, 0.1) is 40.7 Å². The molecule has 32 heavy (non-hydrogen) atoms. The van der Waals surface area contributed by atoms with Crippen LogP contribution in [0.4, 0.5) is 17.1 Å². The lowest BCUT2D eigenvalue weighted by atomic mass is 10.1. The highest BCUT2D eigenvalue weighted by molar-refractivity contribution is 8.14. The average Bonchev–Trinajstić information content (AvgIpc) is 3.00. The molecule has 0 saturated carbocycles. The van der Waals surface area contributed by atoms with Crippen LogP contribution in [-0.2, 0) is 4.79 Å². The minimum Gasteiger partial charge on any atom is -0.495 e. The molecule has 0 aromatic heterocycles. The molecule has 4 rings (SSSR count). The zero-order valence-corrected chi connectivity index (χ0v) is 19.3. The molecule has 1 heterocycles. The van der Waals surface area contributed by atoms with Crippen molar-refractivity contribution in [3.63, 3.8) is 0 Å². The average molecular weight is 464 g/mol. The van der Waals surface area contributed by atoms with Gasteiger partial charge in [0.1, 0.15) is 5.75 Å². The van der Waals surface area contributed by atoms with Crippen molar-refractivity contribution in [3.8, 4) is 5.75 Å². The highest BCUT2D eigenvalue weighted by Gasteiger charge is 2.17. The van der Waals surface area contributed by atoms with Crippen molar-refractivity contribution in [2.24, 2.45) is 9.98 Å².